The smallest absolute Gasteiger partial charge is 0.248 e. The molecule has 1 saturated carbocycles. The lowest BCUT2D eigenvalue weighted by Crippen LogP contribution is -2.47. The van der Waals surface area contributed by atoms with E-state index in [1.807, 2.05) is 43.3 Å². The molecule has 1 heterocycles. The zero-order valence-corrected chi connectivity index (χ0v) is 23.3. The standard InChI is InChI=1S/C32H38N4O4/c1-23-18-20-24(21-19-23)31(32(39)34-25-11-4-3-5-12-25)36(26-13-6-7-14-27(26)40-2)30(38)17-10-16-29(37)35-28-15-8-9-22-33-28/h6-9,13-15,18-22,25,31H,3-5,10-12,16-17H2,1-2H3,(H,34,39)(H,33,35,37)/t31-/m0/s1. The zero-order chi connectivity index (χ0) is 28.3. The number of aryl methyl sites for hydroxylation is 1. The van der Waals surface area contributed by atoms with Crippen LogP contribution in [0.4, 0.5) is 11.5 Å². The highest BCUT2D eigenvalue weighted by Crippen LogP contribution is 2.36. The highest BCUT2D eigenvalue weighted by Gasteiger charge is 2.35. The number of methoxy groups -OCH3 is 1. The van der Waals surface area contributed by atoms with Crippen LogP contribution in [0.25, 0.3) is 0 Å². The van der Waals surface area contributed by atoms with Gasteiger partial charge < -0.3 is 15.4 Å². The SMILES string of the molecule is COc1ccccc1N(C(=O)CCCC(=O)Nc1ccccn1)[C@H](C(=O)NC1CCCCC1)c1ccc(C)cc1. The van der Waals surface area contributed by atoms with Crippen LogP contribution in [0, 0.1) is 6.92 Å². The first-order chi connectivity index (χ1) is 19.5. The summed E-state index contributed by atoms with van der Waals surface area (Å²) in [5.74, 6) is 0.252. The number of nitrogens with zero attached hydrogens (tertiary/aromatic N) is 2. The number of carbonyl (C=O) groups excluding carboxylic acids is 3. The van der Waals surface area contributed by atoms with Gasteiger partial charge in [0.1, 0.15) is 17.6 Å². The second kappa shape index (κ2) is 14.3. The molecule has 210 valence electrons. The van der Waals surface area contributed by atoms with E-state index in [4.69, 9.17) is 4.74 Å². The number of benzene rings is 2. The number of hydrogen-bond donors (Lipinski definition) is 2. The Labute approximate surface area is 236 Å². The molecule has 1 atom stereocenters. The van der Waals surface area contributed by atoms with Crippen LogP contribution in [0.5, 0.6) is 5.75 Å². The van der Waals surface area contributed by atoms with Crippen molar-refractivity contribution in [3.63, 3.8) is 0 Å². The molecule has 1 aliphatic rings. The number of ether oxygens (including phenoxy) is 1. The van der Waals surface area contributed by atoms with Crippen molar-refractivity contribution in [3.05, 3.63) is 84.1 Å². The van der Waals surface area contributed by atoms with Crippen molar-refractivity contribution in [3.8, 4) is 5.75 Å². The lowest BCUT2D eigenvalue weighted by atomic mass is 9.94. The third-order valence-corrected chi connectivity index (χ3v) is 7.19. The number of pyridine rings is 1. The first-order valence-electron chi connectivity index (χ1n) is 14.0. The second-order valence-corrected chi connectivity index (χ2v) is 10.2. The molecule has 1 aromatic heterocycles. The molecule has 2 N–H and O–H groups in total. The van der Waals surface area contributed by atoms with Crippen LogP contribution in [0.2, 0.25) is 0 Å². The van der Waals surface area contributed by atoms with Gasteiger partial charge in [-0.25, -0.2) is 4.98 Å². The fourth-order valence-electron chi connectivity index (χ4n) is 5.10. The summed E-state index contributed by atoms with van der Waals surface area (Å²) in [6.45, 7) is 1.99. The van der Waals surface area contributed by atoms with Gasteiger partial charge in [-0.05, 0) is 56.0 Å². The van der Waals surface area contributed by atoms with Gasteiger partial charge in [-0.3, -0.25) is 19.3 Å². The maximum Gasteiger partial charge on any atom is 0.248 e. The van der Waals surface area contributed by atoms with Crippen molar-refractivity contribution in [2.24, 2.45) is 0 Å². The Morgan fingerprint density at radius 2 is 1.68 bits per heavy atom. The Morgan fingerprint density at radius 3 is 2.38 bits per heavy atom. The number of aromatic nitrogens is 1. The molecule has 1 aliphatic carbocycles. The van der Waals surface area contributed by atoms with Gasteiger partial charge in [0.05, 0.1) is 12.8 Å². The van der Waals surface area contributed by atoms with Gasteiger partial charge in [0.25, 0.3) is 0 Å². The number of hydrogen-bond acceptors (Lipinski definition) is 5. The monoisotopic (exact) mass is 542 g/mol. The first-order valence-corrected chi connectivity index (χ1v) is 14.0. The Balaban J connectivity index is 1.60. The van der Waals surface area contributed by atoms with E-state index in [0.717, 1.165) is 31.2 Å². The Hall–Kier alpha value is -4.20. The first kappa shape index (κ1) is 28.8. The van der Waals surface area contributed by atoms with E-state index in [2.05, 4.69) is 15.6 Å². The zero-order valence-electron chi connectivity index (χ0n) is 23.3. The fraction of sp³-hybridized carbons (Fsp3) is 0.375. The molecule has 0 bridgehead atoms. The van der Waals surface area contributed by atoms with Crippen LogP contribution < -0.4 is 20.3 Å². The van der Waals surface area contributed by atoms with E-state index >= 15 is 0 Å². The summed E-state index contributed by atoms with van der Waals surface area (Å²) in [7, 11) is 1.55. The van der Waals surface area contributed by atoms with Crippen LogP contribution in [0.3, 0.4) is 0 Å². The molecule has 2 aromatic carbocycles. The molecule has 0 unspecified atom stereocenters. The summed E-state index contributed by atoms with van der Waals surface area (Å²) in [6, 6.07) is 19.4. The highest BCUT2D eigenvalue weighted by atomic mass is 16.5. The number of anilines is 2. The van der Waals surface area contributed by atoms with Crippen LogP contribution >= 0.6 is 0 Å². The Morgan fingerprint density at radius 1 is 0.950 bits per heavy atom. The molecule has 0 spiro atoms. The largest absolute Gasteiger partial charge is 0.495 e. The van der Waals surface area contributed by atoms with E-state index < -0.39 is 6.04 Å². The molecule has 40 heavy (non-hydrogen) atoms. The third-order valence-electron chi connectivity index (χ3n) is 7.19. The van der Waals surface area contributed by atoms with Gasteiger partial charge in [-0.2, -0.15) is 0 Å². The summed E-state index contributed by atoms with van der Waals surface area (Å²) in [5, 5.41) is 5.98. The summed E-state index contributed by atoms with van der Waals surface area (Å²) >= 11 is 0. The minimum Gasteiger partial charge on any atom is -0.495 e. The molecule has 4 rings (SSSR count). The van der Waals surface area contributed by atoms with Gasteiger partial charge in [0.2, 0.25) is 17.7 Å². The average molecular weight is 543 g/mol. The minimum absolute atomic E-state index is 0.0761. The van der Waals surface area contributed by atoms with Crippen molar-refractivity contribution in [1.82, 2.24) is 10.3 Å². The van der Waals surface area contributed by atoms with Crippen LogP contribution in [0.1, 0.15) is 68.5 Å². The average Bonchev–Trinajstić information content (AvgIpc) is 2.97. The summed E-state index contributed by atoms with van der Waals surface area (Å²) in [6.07, 6.45) is 7.33. The quantitative estimate of drug-likeness (QED) is 0.322. The molecule has 0 radical (unpaired) electrons. The highest BCUT2D eigenvalue weighted by molar-refractivity contribution is 6.02. The van der Waals surface area contributed by atoms with E-state index in [0.29, 0.717) is 29.2 Å². The number of amides is 3. The van der Waals surface area contributed by atoms with E-state index in [-0.39, 0.29) is 36.6 Å². The molecule has 1 fully saturated rings. The van der Waals surface area contributed by atoms with Gasteiger partial charge in [0.15, 0.2) is 0 Å². The van der Waals surface area contributed by atoms with Crippen molar-refractivity contribution in [1.29, 1.82) is 0 Å². The number of nitrogens with one attached hydrogen (secondary N) is 2. The molecule has 8 nitrogen and oxygen atoms in total. The number of rotatable bonds is 11. The predicted octanol–water partition coefficient (Wildman–Crippen LogP) is 5.73. The van der Waals surface area contributed by atoms with E-state index in [9.17, 15) is 14.4 Å². The lowest BCUT2D eigenvalue weighted by Gasteiger charge is -2.34. The van der Waals surface area contributed by atoms with E-state index in [1.165, 1.54) is 11.3 Å². The molecule has 8 heteroatoms. The van der Waals surface area contributed by atoms with E-state index in [1.54, 1.807) is 43.6 Å². The van der Waals surface area contributed by atoms with Crippen molar-refractivity contribution in [2.45, 2.75) is 70.4 Å². The topological polar surface area (TPSA) is 101 Å². The molecule has 0 aliphatic heterocycles. The molecular weight excluding hydrogens is 504 g/mol. The maximum atomic E-state index is 14.0. The third kappa shape index (κ3) is 7.68. The van der Waals surface area contributed by atoms with Crippen LogP contribution in [-0.4, -0.2) is 35.9 Å². The number of carbonyl (C=O) groups is 3. The van der Waals surface area contributed by atoms with Gasteiger partial charge in [0, 0.05) is 25.1 Å². The normalized spacial score (nSPS) is 14.2. The second-order valence-electron chi connectivity index (χ2n) is 10.2. The maximum absolute atomic E-state index is 14.0. The van der Waals surface area contributed by atoms with Crippen molar-refractivity contribution < 1.29 is 19.1 Å². The predicted molar refractivity (Wildman–Crippen MR) is 156 cm³/mol. The summed E-state index contributed by atoms with van der Waals surface area (Å²) in [4.78, 5) is 46.1. The van der Waals surface area contributed by atoms with Crippen LogP contribution in [0.15, 0.2) is 72.9 Å². The Kier molecular flexibility index (Phi) is 10.3. The van der Waals surface area contributed by atoms with Gasteiger partial charge >= 0.3 is 0 Å². The lowest BCUT2D eigenvalue weighted by molar-refractivity contribution is -0.127. The fourth-order valence-corrected chi connectivity index (χ4v) is 5.10. The summed E-state index contributed by atoms with van der Waals surface area (Å²) in [5.41, 5.74) is 2.28. The number of para-hydroxylation sites is 2. The molecule has 3 aromatic rings. The van der Waals surface area contributed by atoms with Gasteiger partial charge in [-0.15, -0.1) is 0 Å². The molecule has 3 amide bonds. The van der Waals surface area contributed by atoms with Crippen molar-refractivity contribution in [2.75, 3.05) is 17.3 Å². The Bertz CT molecular complexity index is 1270. The minimum atomic E-state index is -0.895. The van der Waals surface area contributed by atoms with Gasteiger partial charge in [-0.1, -0.05) is 67.3 Å². The molecule has 0 saturated heterocycles. The van der Waals surface area contributed by atoms with Crippen LogP contribution in [-0.2, 0) is 14.4 Å². The molecular formula is C32H38N4O4. The van der Waals surface area contributed by atoms with Crippen molar-refractivity contribution >= 4 is 29.2 Å². The summed E-state index contributed by atoms with van der Waals surface area (Å²) < 4.78 is 5.62.